The molecule has 2 rings (SSSR count). The molecule has 1 aromatic rings. The maximum atomic E-state index is 6.01. The molecule has 2 nitrogen and oxygen atoms in total. The molecule has 1 heterocycles. The van der Waals surface area contributed by atoms with Crippen LogP contribution in [0, 0.1) is 0 Å². The predicted molar refractivity (Wildman–Crippen MR) is 74.9 cm³/mol. The van der Waals surface area contributed by atoms with Crippen LogP contribution < -0.4 is 4.90 Å². The average molecular weight is 251 g/mol. The fourth-order valence-electron chi connectivity index (χ4n) is 2.22. The van der Waals surface area contributed by atoms with Gasteiger partial charge in [-0.25, -0.2) is 0 Å². The van der Waals surface area contributed by atoms with Crippen LogP contribution in [0.1, 0.15) is 6.92 Å². The minimum atomic E-state index is 0.812. The monoisotopic (exact) mass is 250 g/mol. The van der Waals surface area contributed by atoms with Crippen LogP contribution in [0.5, 0.6) is 0 Å². The molecule has 0 N–H and O–H groups in total. The van der Waals surface area contributed by atoms with E-state index in [1.807, 2.05) is 18.2 Å². The molecule has 17 heavy (non-hydrogen) atoms. The Bertz CT molecular complexity index is 395. The van der Waals surface area contributed by atoms with Crippen LogP contribution in [0.2, 0.25) is 5.02 Å². The van der Waals surface area contributed by atoms with Gasteiger partial charge < -0.3 is 4.90 Å². The zero-order valence-electron chi connectivity index (χ0n) is 10.3. The molecular formula is C14H19ClN2. The summed E-state index contributed by atoms with van der Waals surface area (Å²) >= 11 is 6.01. The molecule has 0 aliphatic carbocycles. The van der Waals surface area contributed by atoms with Gasteiger partial charge in [-0.05, 0) is 25.1 Å². The van der Waals surface area contributed by atoms with Crippen molar-refractivity contribution in [1.82, 2.24) is 4.90 Å². The molecule has 0 atom stereocenters. The van der Waals surface area contributed by atoms with E-state index in [9.17, 15) is 0 Å². The summed E-state index contributed by atoms with van der Waals surface area (Å²) < 4.78 is 0. The lowest BCUT2D eigenvalue weighted by atomic mass is 10.2. The Morgan fingerprint density at radius 3 is 2.59 bits per heavy atom. The van der Waals surface area contributed by atoms with Crippen molar-refractivity contribution >= 4 is 17.3 Å². The Labute approximate surface area is 108 Å². The number of nitrogens with zero attached hydrogens (tertiary/aromatic N) is 2. The normalized spacial score (nSPS) is 17.2. The van der Waals surface area contributed by atoms with E-state index < -0.39 is 0 Å². The predicted octanol–water partition coefficient (Wildman–Crippen LogP) is 3.04. The van der Waals surface area contributed by atoms with Crippen molar-refractivity contribution in [2.24, 2.45) is 0 Å². The third-order valence-corrected chi connectivity index (χ3v) is 3.27. The zero-order chi connectivity index (χ0) is 12.3. The quantitative estimate of drug-likeness (QED) is 0.761. The lowest BCUT2D eigenvalue weighted by Crippen LogP contribution is -2.46. The van der Waals surface area contributed by atoms with Gasteiger partial charge in [-0.2, -0.15) is 0 Å². The highest BCUT2D eigenvalue weighted by molar-refractivity contribution is 6.30. The lowest BCUT2D eigenvalue weighted by molar-refractivity contribution is 0.278. The molecule has 1 saturated heterocycles. The molecule has 1 aromatic carbocycles. The van der Waals surface area contributed by atoms with Crippen LogP contribution in [-0.2, 0) is 0 Å². The highest BCUT2D eigenvalue weighted by Crippen LogP contribution is 2.20. The van der Waals surface area contributed by atoms with Gasteiger partial charge >= 0.3 is 0 Å². The summed E-state index contributed by atoms with van der Waals surface area (Å²) in [6, 6.07) is 8.09. The van der Waals surface area contributed by atoms with E-state index >= 15 is 0 Å². The van der Waals surface area contributed by atoms with E-state index in [0.29, 0.717) is 0 Å². The van der Waals surface area contributed by atoms with E-state index in [4.69, 9.17) is 11.6 Å². The topological polar surface area (TPSA) is 6.48 Å². The lowest BCUT2D eigenvalue weighted by Gasteiger charge is -2.36. The maximum absolute atomic E-state index is 6.01. The minimum absolute atomic E-state index is 0.812. The Kier molecular flexibility index (Phi) is 4.08. The van der Waals surface area contributed by atoms with Crippen molar-refractivity contribution in [2.45, 2.75) is 6.92 Å². The van der Waals surface area contributed by atoms with Gasteiger partial charge in [0.15, 0.2) is 0 Å². The van der Waals surface area contributed by atoms with Crippen LogP contribution in [0.4, 0.5) is 5.69 Å². The van der Waals surface area contributed by atoms with Crippen molar-refractivity contribution in [2.75, 3.05) is 37.6 Å². The first-order chi connectivity index (χ1) is 8.15. The number of rotatable bonds is 3. The van der Waals surface area contributed by atoms with E-state index in [2.05, 4.69) is 29.4 Å². The molecule has 1 aliphatic rings. The standard InChI is InChI=1S/C14H19ClN2/c1-12(2)11-16-6-8-17(9-7-16)14-5-3-4-13(15)10-14/h3-5,10H,1,6-9,11H2,2H3. The molecule has 1 aliphatic heterocycles. The van der Waals surface area contributed by atoms with Crippen molar-refractivity contribution < 1.29 is 0 Å². The summed E-state index contributed by atoms with van der Waals surface area (Å²) in [6.07, 6.45) is 0. The number of hydrogen-bond donors (Lipinski definition) is 0. The van der Waals surface area contributed by atoms with Gasteiger partial charge in [0.1, 0.15) is 0 Å². The molecule has 0 bridgehead atoms. The number of hydrogen-bond acceptors (Lipinski definition) is 2. The van der Waals surface area contributed by atoms with Gasteiger partial charge in [-0.1, -0.05) is 29.8 Å². The molecule has 3 heteroatoms. The van der Waals surface area contributed by atoms with Crippen molar-refractivity contribution in [3.8, 4) is 0 Å². The van der Waals surface area contributed by atoms with Gasteiger partial charge in [0.25, 0.3) is 0 Å². The van der Waals surface area contributed by atoms with Gasteiger partial charge in [0.05, 0.1) is 0 Å². The van der Waals surface area contributed by atoms with Crippen molar-refractivity contribution in [1.29, 1.82) is 0 Å². The van der Waals surface area contributed by atoms with E-state index in [1.165, 1.54) is 11.3 Å². The SMILES string of the molecule is C=C(C)CN1CCN(c2cccc(Cl)c2)CC1. The molecular weight excluding hydrogens is 232 g/mol. The molecule has 0 unspecified atom stereocenters. The summed E-state index contributed by atoms with van der Waals surface area (Å²) in [5.41, 5.74) is 2.47. The Balaban J connectivity index is 1.93. The van der Waals surface area contributed by atoms with Crippen LogP contribution in [0.3, 0.4) is 0 Å². The van der Waals surface area contributed by atoms with Crippen molar-refractivity contribution in [3.63, 3.8) is 0 Å². The number of benzene rings is 1. The third-order valence-electron chi connectivity index (χ3n) is 3.04. The number of piperazine rings is 1. The zero-order valence-corrected chi connectivity index (χ0v) is 11.1. The first kappa shape index (κ1) is 12.5. The number of anilines is 1. The van der Waals surface area contributed by atoms with Gasteiger partial charge in [0, 0.05) is 43.4 Å². The number of halogens is 1. The Morgan fingerprint density at radius 2 is 2.00 bits per heavy atom. The molecule has 0 radical (unpaired) electrons. The highest BCUT2D eigenvalue weighted by Gasteiger charge is 2.16. The van der Waals surface area contributed by atoms with Crippen LogP contribution >= 0.6 is 11.6 Å². The fraction of sp³-hybridized carbons (Fsp3) is 0.429. The van der Waals surface area contributed by atoms with Gasteiger partial charge in [-0.15, -0.1) is 0 Å². The van der Waals surface area contributed by atoms with Crippen molar-refractivity contribution in [3.05, 3.63) is 41.4 Å². The van der Waals surface area contributed by atoms with Crippen LogP contribution in [0.15, 0.2) is 36.4 Å². The molecule has 0 saturated carbocycles. The highest BCUT2D eigenvalue weighted by atomic mass is 35.5. The van der Waals surface area contributed by atoms with Crippen LogP contribution in [0.25, 0.3) is 0 Å². The first-order valence-corrected chi connectivity index (χ1v) is 6.40. The maximum Gasteiger partial charge on any atom is 0.0426 e. The summed E-state index contributed by atoms with van der Waals surface area (Å²) in [4.78, 5) is 4.84. The molecule has 92 valence electrons. The summed E-state index contributed by atoms with van der Waals surface area (Å²) in [7, 11) is 0. The summed E-state index contributed by atoms with van der Waals surface area (Å²) in [5, 5.41) is 0.812. The Hall–Kier alpha value is -0.990. The Morgan fingerprint density at radius 1 is 1.29 bits per heavy atom. The molecule has 0 amide bonds. The van der Waals surface area contributed by atoms with E-state index in [1.54, 1.807) is 0 Å². The summed E-state index contributed by atoms with van der Waals surface area (Å²) in [6.45, 7) is 11.4. The van der Waals surface area contributed by atoms with Gasteiger partial charge in [0.2, 0.25) is 0 Å². The third kappa shape index (κ3) is 3.48. The summed E-state index contributed by atoms with van der Waals surface area (Å²) in [5.74, 6) is 0. The van der Waals surface area contributed by atoms with Crippen LogP contribution in [-0.4, -0.2) is 37.6 Å². The average Bonchev–Trinajstić information content (AvgIpc) is 2.29. The second-order valence-corrected chi connectivity index (χ2v) is 5.14. The van der Waals surface area contributed by atoms with E-state index in [-0.39, 0.29) is 0 Å². The molecule has 0 aromatic heterocycles. The molecule has 1 fully saturated rings. The minimum Gasteiger partial charge on any atom is -0.369 e. The first-order valence-electron chi connectivity index (χ1n) is 6.02. The molecule has 0 spiro atoms. The second kappa shape index (κ2) is 5.56. The second-order valence-electron chi connectivity index (χ2n) is 4.70. The smallest absolute Gasteiger partial charge is 0.0426 e. The van der Waals surface area contributed by atoms with Gasteiger partial charge in [-0.3, -0.25) is 4.90 Å². The van der Waals surface area contributed by atoms with E-state index in [0.717, 1.165) is 37.7 Å². The largest absolute Gasteiger partial charge is 0.369 e. The fourth-order valence-corrected chi connectivity index (χ4v) is 2.40.